The first kappa shape index (κ1) is 12.0. The van der Waals surface area contributed by atoms with Crippen molar-refractivity contribution in [3.8, 4) is 0 Å². The molecular formula is C13H27N. The Morgan fingerprint density at radius 1 is 1.36 bits per heavy atom. The fraction of sp³-hybridized carbons (Fsp3) is 1.00. The van der Waals surface area contributed by atoms with Crippen LogP contribution in [0.3, 0.4) is 0 Å². The van der Waals surface area contributed by atoms with Gasteiger partial charge in [-0.25, -0.2) is 0 Å². The van der Waals surface area contributed by atoms with Gasteiger partial charge in [-0.1, -0.05) is 34.1 Å². The van der Waals surface area contributed by atoms with Gasteiger partial charge in [0.1, 0.15) is 0 Å². The van der Waals surface area contributed by atoms with Crippen molar-refractivity contribution in [2.75, 3.05) is 13.1 Å². The van der Waals surface area contributed by atoms with Gasteiger partial charge in [0.15, 0.2) is 0 Å². The van der Waals surface area contributed by atoms with Crippen LogP contribution in [-0.4, -0.2) is 13.1 Å². The van der Waals surface area contributed by atoms with Crippen LogP contribution in [0.4, 0.5) is 0 Å². The minimum absolute atomic E-state index is 0.587. The lowest BCUT2D eigenvalue weighted by atomic mass is 9.80. The Bertz CT molecular complexity index is 161. The van der Waals surface area contributed by atoms with Gasteiger partial charge in [0.2, 0.25) is 0 Å². The number of hydrogen-bond acceptors (Lipinski definition) is 1. The molecule has 1 aliphatic rings. The lowest BCUT2D eigenvalue weighted by molar-refractivity contribution is 0.231. The molecule has 1 saturated carbocycles. The van der Waals surface area contributed by atoms with Crippen LogP contribution >= 0.6 is 0 Å². The number of nitrogens with one attached hydrogen (secondary N) is 1. The molecule has 1 heteroatoms. The molecule has 1 aliphatic carbocycles. The van der Waals surface area contributed by atoms with Crippen LogP contribution in [0, 0.1) is 17.3 Å². The fourth-order valence-corrected chi connectivity index (χ4v) is 2.43. The number of hydrogen-bond donors (Lipinski definition) is 1. The lowest BCUT2D eigenvalue weighted by Crippen LogP contribution is -2.35. The molecule has 14 heavy (non-hydrogen) atoms. The van der Waals surface area contributed by atoms with Crippen LogP contribution < -0.4 is 5.32 Å². The Morgan fingerprint density at radius 2 is 2.00 bits per heavy atom. The highest BCUT2D eigenvalue weighted by molar-refractivity contribution is 4.92. The molecule has 0 aromatic heterocycles. The van der Waals surface area contributed by atoms with E-state index in [0.717, 1.165) is 11.8 Å². The molecule has 1 rings (SSSR count). The van der Waals surface area contributed by atoms with E-state index < -0.39 is 0 Å². The van der Waals surface area contributed by atoms with Crippen molar-refractivity contribution in [3.63, 3.8) is 0 Å². The summed E-state index contributed by atoms with van der Waals surface area (Å²) < 4.78 is 0. The predicted molar refractivity (Wildman–Crippen MR) is 63.4 cm³/mol. The first-order chi connectivity index (χ1) is 6.58. The van der Waals surface area contributed by atoms with E-state index in [4.69, 9.17) is 0 Å². The van der Waals surface area contributed by atoms with E-state index in [0.29, 0.717) is 5.41 Å². The summed E-state index contributed by atoms with van der Waals surface area (Å²) >= 11 is 0. The highest BCUT2D eigenvalue weighted by Crippen LogP contribution is 2.47. The number of rotatable bonds is 7. The van der Waals surface area contributed by atoms with Crippen LogP contribution in [-0.2, 0) is 0 Å². The average Bonchev–Trinajstić information content (AvgIpc) is 2.85. The van der Waals surface area contributed by atoms with E-state index in [9.17, 15) is 0 Å². The zero-order valence-electron chi connectivity index (χ0n) is 10.4. The normalized spacial score (nSPS) is 21.2. The first-order valence-electron chi connectivity index (χ1n) is 6.29. The standard InChI is InChI=1S/C13H27N/c1-5-8-13(4,12-6-7-12)10-14-9-11(2)3/h11-12,14H,5-10H2,1-4H3. The molecule has 1 nitrogen and oxygen atoms in total. The van der Waals surface area contributed by atoms with Gasteiger partial charge in [-0.3, -0.25) is 0 Å². The second-order valence-corrected chi connectivity index (χ2v) is 5.70. The molecule has 1 N–H and O–H groups in total. The molecule has 0 bridgehead atoms. The van der Waals surface area contributed by atoms with Crippen LogP contribution in [0.15, 0.2) is 0 Å². The zero-order chi connectivity index (χ0) is 10.6. The molecule has 0 aromatic rings. The van der Waals surface area contributed by atoms with E-state index in [-0.39, 0.29) is 0 Å². The van der Waals surface area contributed by atoms with Gasteiger partial charge in [-0.05, 0) is 43.1 Å². The molecule has 0 radical (unpaired) electrons. The van der Waals surface area contributed by atoms with Crippen molar-refractivity contribution in [1.29, 1.82) is 0 Å². The maximum absolute atomic E-state index is 3.63. The Kier molecular flexibility index (Phi) is 4.43. The van der Waals surface area contributed by atoms with Crippen molar-refractivity contribution >= 4 is 0 Å². The summed E-state index contributed by atoms with van der Waals surface area (Å²) in [5, 5.41) is 3.63. The molecule has 0 heterocycles. The van der Waals surface area contributed by atoms with Crippen LogP contribution in [0.25, 0.3) is 0 Å². The summed E-state index contributed by atoms with van der Waals surface area (Å²) in [4.78, 5) is 0. The van der Waals surface area contributed by atoms with Crippen molar-refractivity contribution in [1.82, 2.24) is 5.32 Å². The maximum Gasteiger partial charge on any atom is 0.000792 e. The average molecular weight is 197 g/mol. The summed E-state index contributed by atoms with van der Waals surface area (Å²) in [6, 6.07) is 0. The van der Waals surface area contributed by atoms with E-state index in [1.807, 2.05) is 0 Å². The van der Waals surface area contributed by atoms with Crippen LogP contribution in [0.1, 0.15) is 53.4 Å². The van der Waals surface area contributed by atoms with Gasteiger partial charge >= 0.3 is 0 Å². The Hall–Kier alpha value is -0.0400. The molecule has 1 fully saturated rings. The van der Waals surface area contributed by atoms with Gasteiger partial charge in [-0.15, -0.1) is 0 Å². The summed E-state index contributed by atoms with van der Waals surface area (Å²) in [5.74, 6) is 1.79. The summed E-state index contributed by atoms with van der Waals surface area (Å²) in [6.07, 6.45) is 5.67. The smallest absolute Gasteiger partial charge is 0.000792 e. The summed E-state index contributed by atoms with van der Waals surface area (Å²) in [6.45, 7) is 11.7. The van der Waals surface area contributed by atoms with E-state index >= 15 is 0 Å². The SMILES string of the molecule is CCCC(C)(CNCC(C)C)C1CC1. The second-order valence-electron chi connectivity index (χ2n) is 5.70. The Balaban J connectivity index is 2.27. The quantitative estimate of drug-likeness (QED) is 0.659. The van der Waals surface area contributed by atoms with E-state index in [1.54, 1.807) is 0 Å². The van der Waals surface area contributed by atoms with Crippen molar-refractivity contribution in [3.05, 3.63) is 0 Å². The monoisotopic (exact) mass is 197 g/mol. The van der Waals surface area contributed by atoms with Gasteiger partial charge in [-0.2, -0.15) is 0 Å². The predicted octanol–water partition coefficient (Wildman–Crippen LogP) is 3.45. The topological polar surface area (TPSA) is 12.0 Å². The Labute approximate surface area is 89.7 Å². The first-order valence-corrected chi connectivity index (χ1v) is 6.29. The van der Waals surface area contributed by atoms with Crippen molar-refractivity contribution < 1.29 is 0 Å². The van der Waals surface area contributed by atoms with Crippen LogP contribution in [0.5, 0.6) is 0 Å². The van der Waals surface area contributed by atoms with E-state index in [1.165, 1.54) is 38.8 Å². The molecule has 0 spiro atoms. The third kappa shape index (κ3) is 3.61. The molecule has 84 valence electrons. The minimum atomic E-state index is 0.587. The summed E-state index contributed by atoms with van der Waals surface area (Å²) in [7, 11) is 0. The largest absolute Gasteiger partial charge is 0.316 e. The summed E-state index contributed by atoms with van der Waals surface area (Å²) in [5.41, 5.74) is 0.587. The van der Waals surface area contributed by atoms with Crippen LogP contribution in [0.2, 0.25) is 0 Å². The molecule has 0 saturated heterocycles. The second kappa shape index (κ2) is 5.16. The van der Waals surface area contributed by atoms with Gasteiger partial charge in [0, 0.05) is 6.54 Å². The Morgan fingerprint density at radius 3 is 2.43 bits per heavy atom. The van der Waals surface area contributed by atoms with Gasteiger partial charge in [0.25, 0.3) is 0 Å². The van der Waals surface area contributed by atoms with E-state index in [2.05, 4.69) is 33.0 Å². The maximum atomic E-state index is 3.63. The highest BCUT2D eigenvalue weighted by Gasteiger charge is 2.40. The molecule has 0 aliphatic heterocycles. The third-order valence-corrected chi connectivity index (χ3v) is 3.47. The minimum Gasteiger partial charge on any atom is -0.316 e. The van der Waals surface area contributed by atoms with Crippen molar-refractivity contribution in [2.24, 2.45) is 17.3 Å². The molecule has 1 atom stereocenters. The fourth-order valence-electron chi connectivity index (χ4n) is 2.43. The zero-order valence-corrected chi connectivity index (χ0v) is 10.4. The molecule has 1 unspecified atom stereocenters. The van der Waals surface area contributed by atoms with Gasteiger partial charge < -0.3 is 5.32 Å². The van der Waals surface area contributed by atoms with Gasteiger partial charge in [0.05, 0.1) is 0 Å². The molecular weight excluding hydrogens is 170 g/mol. The lowest BCUT2D eigenvalue weighted by Gasteiger charge is -2.30. The third-order valence-electron chi connectivity index (χ3n) is 3.47. The van der Waals surface area contributed by atoms with Crippen molar-refractivity contribution in [2.45, 2.75) is 53.4 Å². The molecule has 0 amide bonds. The molecule has 0 aromatic carbocycles. The highest BCUT2D eigenvalue weighted by atomic mass is 14.9.